The van der Waals surface area contributed by atoms with E-state index in [1.54, 1.807) is 0 Å². The first-order chi connectivity index (χ1) is 7.40. The zero-order valence-corrected chi connectivity index (χ0v) is 8.36. The normalized spacial score (nSPS) is 13.7. The molecule has 0 aromatic heterocycles. The van der Waals surface area contributed by atoms with Crippen LogP contribution in [0.5, 0.6) is 11.5 Å². The summed E-state index contributed by atoms with van der Waals surface area (Å²) in [7, 11) is 0. The zero-order chi connectivity index (χ0) is 10.5. The van der Waals surface area contributed by atoms with Crippen LogP contribution >= 0.6 is 0 Å². The Balaban J connectivity index is 2.00. The van der Waals surface area contributed by atoms with E-state index in [1.165, 1.54) is 0 Å². The standard InChI is InChI=1S/C10H14N2O3/c11-15-4-3-12-8-1-2-9-10(7-8)14-6-5-13-9/h1-2,7,12H,3-6,11H2. The van der Waals surface area contributed by atoms with Crippen molar-refractivity contribution >= 4 is 5.69 Å². The van der Waals surface area contributed by atoms with Gasteiger partial charge in [-0.25, -0.2) is 5.90 Å². The Morgan fingerprint density at radius 1 is 1.27 bits per heavy atom. The third-order valence-electron chi connectivity index (χ3n) is 2.09. The second kappa shape index (κ2) is 4.86. The lowest BCUT2D eigenvalue weighted by Crippen LogP contribution is -2.16. The average molecular weight is 210 g/mol. The summed E-state index contributed by atoms with van der Waals surface area (Å²) < 4.78 is 10.9. The number of ether oxygens (including phenoxy) is 2. The number of hydrogen-bond donors (Lipinski definition) is 2. The lowest BCUT2D eigenvalue weighted by atomic mass is 10.2. The van der Waals surface area contributed by atoms with Gasteiger partial charge in [-0.1, -0.05) is 0 Å². The molecule has 0 amide bonds. The van der Waals surface area contributed by atoms with Crippen LogP contribution < -0.4 is 20.7 Å². The molecule has 0 saturated heterocycles. The first-order valence-corrected chi connectivity index (χ1v) is 4.85. The maximum Gasteiger partial charge on any atom is 0.163 e. The highest BCUT2D eigenvalue weighted by Crippen LogP contribution is 2.32. The van der Waals surface area contributed by atoms with Gasteiger partial charge in [0, 0.05) is 18.3 Å². The molecule has 2 rings (SSSR count). The van der Waals surface area contributed by atoms with Crippen LogP contribution in [-0.2, 0) is 4.84 Å². The molecule has 5 heteroatoms. The van der Waals surface area contributed by atoms with E-state index in [-0.39, 0.29) is 0 Å². The van der Waals surface area contributed by atoms with Crippen molar-refractivity contribution in [3.63, 3.8) is 0 Å². The Bertz CT molecular complexity index is 330. The SMILES string of the molecule is NOCCNc1ccc2c(c1)OCCO2. The van der Waals surface area contributed by atoms with Crippen molar-refractivity contribution in [1.29, 1.82) is 0 Å². The lowest BCUT2D eigenvalue weighted by molar-refractivity contribution is 0.148. The molecule has 3 N–H and O–H groups in total. The maximum atomic E-state index is 5.45. The number of nitrogens with two attached hydrogens (primary N) is 1. The summed E-state index contributed by atoms with van der Waals surface area (Å²) in [5.41, 5.74) is 0.969. The molecule has 1 heterocycles. The van der Waals surface area contributed by atoms with Gasteiger partial charge in [-0.2, -0.15) is 0 Å². The van der Waals surface area contributed by atoms with E-state index >= 15 is 0 Å². The predicted octanol–water partition coefficient (Wildman–Crippen LogP) is 0.760. The lowest BCUT2D eigenvalue weighted by Gasteiger charge is -2.19. The van der Waals surface area contributed by atoms with Gasteiger partial charge in [0.1, 0.15) is 13.2 Å². The topological polar surface area (TPSA) is 65.7 Å². The molecular weight excluding hydrogens is 196 g/mol. The number of hydrogen-bond acceptors (Lipinski definition) is 5. The van der Waals surface area contributed by atoms with Crippen LogP contribution in [-0.4, -0.2) is 26.4 Å². The second-order valence-electron chi connectivity index (χ2n) is 3.16. The molecule has 0 saturated carbocycles. The Morgan fingerprint density at radius 2 is 2.07 bits per heavy atom. The number of benzene rings is 1. The fraction of sp³-hybridized carbons (Fsp3) is 0.400. The van der Waals surface area contributed by atoms with Crippen molar-refractivity contribution in [2.24, 2.45) is 5.90 Å². The quantitative estimate of drug-likeness (QED) is 0.567. The largest absolute Gasteiger partial charge is 0.486 e. The molecule has 0 aliphatic carbocycles. The summed E-state index contributed by atoms with van der Waals surface area (Å²) >= 11 is 0. The van der Waals surface area contributed by atoms with Gasteiger partial charge in [-0.15, -0.1) is 0 Å². The summed E-state index contributed by atoms with van der Waals surface area (Å²) in [5.74, 6) is 6.49. The van der Waals surface area contributed by atoms with Crippen LogP contribution in [0.2, 0.25) is 0 Å². The molecule has 1 aliphatic rings. The van der Waals surface area contributed by atoms with Gasteiger partial charge < -0.3 is 19.6 Å². The van der Waals surface area contributed by atoms with Crippen LogP contribution in [0.25, 0.3) is 0 Å². The minimum absolute atomic E-state index is 0.467. The van der Waals surface area contributed by atoms with Gasteiger partial charge in [-0.05, 0) is 12.1 Å². The van der Waals surface area contributed by atoms with Crippen LogP contribution in [0.3, 0.4) is 0 Å². The summed E-state index contributed by atoms with van der Waals surface area (Å²) in [6.45, 7) is 2.34. The highest BCUT2D eigenvalue weighted by atomic mass is 16.6. The highest BCUT2D eigenvalue weighted by molar-refractivity contribution is 5.55. The van der Waals surface area contributed by atoms with Crippen LogP contribution in [0.15, 0.2) is 18.2 Å². The van der Waals surface area contributed by atoms with E-state index in [0.717, 1.165) is 17.2 Å². The molecule has 0 bridgehead atoms. The molecule has 0 unspecified atom stereocenters. The Labute approximate surface area is 88.1 Å². The summed E-state index contributed by atoms with van der Waals surface area (Å²) in [5, 5.41) is 3.16. The Kier molecular flexibility index (Phi) is 3.26. The first-order valence-electron chi connectivity index (χ1n) is 4.85. The minimum Gasteiger partial charge on any atom is -0.486 e. The number of nitrogens with one attached hydrogen (secondary N) is 1. The van der Waals surface area contributed by atoms with Gasteiger partial charge in [0.25, 0.3) is 0 Å². The minimum atomic E-state index is 0.467. The van der Waals surface area contributed by atoms with Gasteiger partial charge in [0.05, 0.1) is 6.61 Å². The van der Waals surface area contributed by atoms with E-state index < -0.39 is 0 Å². The zero-order valence-electron chi connectivity index (χ0n) is 8.36. The molecule has 0 atom stereocenters. The molecule has 1 aromatic carbocycles. The van der Waals surface area contributed by atoms with E-state index in [2.05, 4.69) is 10.2 Å². The Hall–Kier alpha value is -1.46. The summed E-state index contributed by atoms with van der Waals surface area (Å²) in [6, 6.07) is 5.73. The van der Waals surface area contributed by atoms with Gasteiger partial charge in [-0.3, -0.25) is 0 Å². The summed E-state index contributed by atoms with van der Waals surface area (Å²) in [4.78, 5) is 4.46. The van der Waals surface area contributed by atoms with Crippen LogP contribution in [0.1, 0.15) is 0 Å². The summed E-state index contributed by atoms with van der Waals surface area (Å²) in [6.07, 6.45) is 0. The van der Waals surface area contributed by atoms with Crippen molar-refractivity contribution in [2.45, 2.75) is 0 Å². The molecule has 1 aliphatic heterocycles. The number of rotatable bonds is 4. The molecule has 0 radical (unpaired) electrons. The van der Waals surface area contributed by atoms with Crippen molar-refractivity contribution in [1.82, 2.24) is 0 Å². The average Bonchev–Trinajstić information content (AvgIpc) is 2.29. The fourth-order valence-electron chi connectivity index (χ4n) is 1.41. The second-order valence-corrected chi connectivity index (χ2v) is 3.16. The predicted molar refractivity (Wildman–Crippen MR) is 56.1 cm³/mol. The first kappa shape index (κ1) is 10.1. The molecular formula is C10H14N2O3. The molecule has 1 aromatic rings. The van der Waals surface area contributed by atoms with Gasteiger partial charge >= 0.3 is 0 Å². The van der Waals surface area contributed by atoms with E-state index in [1.807, 2.05) is 18.2 Å². The van der Waals surface area contributed by atoms with Gasteiger partial charge in [0.2, 0.25) is 0 Å². The van der Waals surface area contributed by atoms with Crippen molar-refractivity contribution in [2.75, 3.05) is 31.7 Å². The third kappa shape index (κ3) is 2.51. The van der Waals surface area contributed by atoms with Crippen LogP contribution in [0.4, 0.5) is 5.69 Å². The van der Waals surface area contributed by atoms with Crippen molar-refractivity contribution < 1.29 is 14.3 Å². The molecule has 5 nitrogen and oxygen atoms in total. The van der Waals surface area contributed by atoms with E-state index in [0.29, 0.717) is 26.4 Å². The molecule has 0 fully saturated rings. The third-order valence-corrected chi connectivity index (χ3v) is 2.09. The fourth-order valence-corrected chi connectivity index (χ4v) is 1.41. The number of fused-ring (bicyclic) bond motifs is 1. The maximum absolute atomic E-state index is 5.45. The van der Waals surface area contributed by atoms with Crippen molar-refractivity contribution in [3.05, 3.63) is 18.2 Å². The molecule has 0 spiro atoms. The number of anilines is 1. The smallest absolute Gasteiger partial charge is 0.163 e. The van der Waals surface area contributed by atoms with Crippen molar-refractivity contribution in [3.8, 4) is 11.5 Å². The van der Waals surface area contributed by atoms with Crippen LogP contribution in [0, 0.1) is 0 Å². The molecule has 15 heavy (non-hydrogen) atoms. The van der Waals surface area contributed by atoms with E-state index in [9.17, 15) is 0 Å². The Morgan fingerprint density at radius 3 is 2.87 bits per heavy atom. The van der Waals surface area contributed by atoms with Gasteiger partial charge in [0.15, 0.2) is 11.5 Å². The van der Waals surface area contributed by atoms with E-state index in [4.69, 9.17) is 15.4 Å². The molecule has 82 valence electrons. The highest BCUT2D eigenvalue weighted by Gasteiger charge is 2.11. The monoisotopic (exact) mass is 210 g/mol.